The number of amides is 1. The van der Waals surface area contributed by atoms with Gasteiger partial charge in [0.15, 0.2) is 0 Å². The van der Waals surface area contributed by atoms with Crippen LogP contribution in [0, 0.1) is 0 Å². The average molecular weight is 215 g/mol. The summed E-state index contributed by atoms with van der Waals surface area (Å²) >= 11 is 1.86. The molecule has 0 aromatic heterocycles. The van der Waals surface area contributed by atoms with Gasteiger partial charge >= 0.3 is 0 Å². The number of nitrogens with zero attached hydrogens (tertiary/aromatic N) is 1. The van der Waals surface area contributed by atoms with Gasteiger partial charge in [-0.15, -0.1) is 11.8 Å². The lowest BCUT2D eigenvalue weighted by Gasteiger charge is -2.09. The molecule has 0 saturated carbocycles. The maximum atomic E-state index is 11.5. The molecule has 1 rings (SSSR count). The van der Waals surface area contributed by atoms with E-state index in [2.05, 4.69) is 6.92 Å². The largest absolute Gasteiger partial charge is 0.345 e. The third-order valence-corrected chi connectivity index (χ3v) is 4.06. The minimum absolute atomic E-state index is 0.265. The van der Waals surface area contributed by atoms with Crippen molar-refractivity contribution in [2.24, 2.45) is 0 Å². The molecular formula is C11H21NOS. The molecule has 1 atom stereocenters. The molecule has 1 unspecified atom stereocenters. The van der Waals surface area contributed by atoms with Crippen LogP contribution in [0.25, 0.3) is 0 Å². The Morgan fingerprint density at radius 1 is 1.43 bits per heavy atom. The van der Waals surface area contributed by atoms with Gasteiger partial charge in [0, 0.05) is 13.6 Å². The van der Waals surface area contributed by atoms with Gasteiger partial charge in [0.25, 0.3) is 0 Å². The summed E-state index contributed by atoms with van der Waals surface area (Å²) in [6.45, 7) is 3.17. The minimum Gasteiger partial charge on any atom is -0.345 e. The van der Waals surface area contributed by atoms with Crippen molar-refractivity contribution in [3.63, 3.8) is 0 Å². The van der Waals surface area contributed by atoms with E-state index < -0.39 is 0 Å². The molecule has 1 fully saturated rings. The molecule has 1 aliphatic rings. The molecule has 1 heterocycles. The van der Waals surface area contributed by atoms with E-state index in [1.807, 2.05) is 23.7 Å². The Morgan fingerprint density at radius 3 is 2.79 bits per heavy atom. The number of thioether (sulfide) groups is 1. The van der Waals surface area contributed by atoms with Gasteiger partial charge < -0.3 is 4.90 Å². The molecule has 0 aromatic carbocycles. The Labute approximate surface area is 91.4 Å². The van der Waals surface area contributed by atoms with Gasteiger partial charge in [-0.2, -0.15) is 0 Å². The van der Waals surface area contributed by atoms with Crippen molar-refractivity contribution in [1.29, 1.82) is 0 Å². The summed E-state index contributed by atoms with van der Waals surface area (Å²) in [5, 5.41) is 0.265. The van der Waals surface area contributed by atoms with E-state index >= 15 is 0 Å². The van der Waals surface area contributed by atoms with Gasteiger partial charge in [-0.1, -0.05) is 26.2 Å². The predicted molar refractivity (Wildman–Crippen MR) is 62.6 cm³/mol. The second-order valence-electron chi connectivity index (χ2n) is 3.97. The lowest BCUT2D eigenvalue weighted by Crippen LogP contribution is -2.23. The highest BCUT2D eigenvalue weighted by atomic mass is 32.2. The molecule has 3 heteroatoms. The molecule has 0 bridgehead atoms. The molecule has 1 aliphatic heterocycles. The summed E-state index contributed by atoms with van der Waals surface area (Å²) in [5.74, 6) is 1.50. The number of likely N-dealkylation sites (tertiary alicyclic amines) is 1. The van der Waals surface area contributed by atoms with Crippen molar-refractivity contribution in [3.05, 3.63) is 0 Å². The summed E-state index contributed by atoms with van der Waals surface area (Å²) in [6, 6.07) is 0. The lowest BCUT2D eigenvalue weighted by molar-refractivity contribution is -0.126. The number of unbranched alkanes of at least 4 members (excludes halogenated alkanes) is 3. The second-order valence-corrected chi connectivity index (χ2v) is 5.28. The van der Waals surface area contributed by atoms with Crippen molar-refractivity contribution in [1.82, 2.24) is 4.90 Å². The first kappa shape index (κ1) is 11.9. The molecular weight excluding hydrogens is 194 g/mol. The van der Waals surface area contributed by atoms with Gasteiger partial charge in [-0.25, -0.2) is 0 Å². The Hall–Kier alpha value is -0.180. The Bertz CT molecular complexity index is 184. The fraction of sp³-hybridized carbons (Fsp3) is 0.909. The van der Waals surface area contributed by atoms with E-state index in [9.17, 15) is 4.79 Å². The maximum absolute atomic E-state index is 11.5. The van der Waals surface area contributed by atoms with Crippen LogP contribution in [0.2, 0.25) is 0 Å². The minimum atomic E-state index is 0.265. The zero-order valence-electron chi connectivity index (χ0n) is 9.29. The zero-order valence-corrected chi connectivity index (χ0v) is 10.1. The van der Waals surface area contributed by atoms with Crippen LogP contribution in [0.1, 0.15) is 39.0 Å². The molecule has 82 valence electrons. The summed E-state index contributed by atoms with van der Waals surface area (Å²) in [6.07, 6.45) is 6.26. The van der Waals surface area contributed by atoms with Crippen LogP contribution in [0.5, 0.6) is 0 Å². The van der Waals surface area contributed by atoms with Crippen LogP contribution in [-0.4, -0.2) is 35.4 Å². The molecule has 2 nitrogen and oxygen atoms in total. The number of carbonyl (C=O) groups is 1. The first-order valence-corrected chi connectivity index (χ1v) is 6.67. The standard InChI is InChI=1S/C11H21NOS/c1-3-4-5-6-9-14-10-7-8-12(2)11(10)13/h10H,3-9H2,1-2H3. The van der Waals surface area contributed by atoms with Crippen LogP contribution in [-0.2, 0) is 4.79 Å². The summed E-state index contributed by atoms with van der Waals surface area (Å²) < 4.78 is 0. The maximum Gasteiger partial charge on any atom is 0.235 e. The highest BCUT2D eigenvalue weighted by molar-refractivity contribution is 8.00. The van der Waals surface area contributed by atoms with Crippen molar-refractivity contribution in [2.75, 3.05) is 19.3 Å². The topological polar surface area (TPSA) is 20.3 Å². The number of carbonyl (C=O) groups excluding carboxylic acids is 1. The molecule has 14 heavy (non-hydrogen) atoms. The van der Waals surface area contributed by atoms with Crippen molar-refractivity contribution in [3.8, 4) is 0 Å². The van der Waals surface area contributed by atoms with E-state index in [1.54, 1.807) is 0 Å². The zero-order chi connectivity index (χ0) is 10.4. The first-order valence-electron chi connectivity index (χ1n) is 5.62. The molecule has 0 aromatic rings. The summed E-state index contributed by atoms with van der Waals surface area (Å²) in [4.78, 5) is 13.4. The van der Waals surface area contributed by atoms with Gasteiger partial charge in [0.05, 0.1) is 5.25 Å². The van der Waals surface area contributed by atoms with Gasteiger partial charge in [0.2, 0.25) is 5.91 Å². The van der Waals surface area contributed by atoms with Crippen molar-refractivity contribution >= 4 is 17.7 Å². The molecule has 0 N–H and O–H groups in total. The Kier molecular flexibility index (Phi) is 5.38. The van der Waals surface area contributed by atoms with Crippen LogP contribution in [0.4, 0.5) is 0 Å². The fourth-order valence-electron chi connectivity index (χ4n) is 1.70. The van der Waals surface area contributed by atoms with E-state index in [4.69, 9.17) is 0 Å². The second kappa shape index (κ2) is 6.33. The van der Waals surface area contributed by atoms with Crippen LogP contribution in [0.15, 0.2) is 0 Å². The van der Waals surface area contributed by atoms with Gasteiger partial charge in [-0.05, 0) is 18.6 Å². The molecule has 0 spiro atoms. The molecule has 0 aliphatic carbocycles. The summed E-state index contributed by atoms with van der Waals surface area (Å²) in [5.41, 5.74) is 0. The lowest BCUT2D eigenvalue weighted by atomic mass is 10.2. The van der Waals surface area contributed by atoms with Gasteiger partial charge in [0.1, 0.15) is 0 Å². The van der Waals surface area contributed by atoms with E-state index in [0.29, 0.717) is 5.91 Å². The number of hydrogen-bond donors (Lipinski definition) is 0. The third kappa shape index (κ3) is 3.52. The average Bonchev–Trinajstić information content (AvgIpc) is 2.49. The Balaban J connectivity index is 2.04. The molecule has 1 amide bonds. The normalized spacial score (nSPS) is 22.0. The highest BCUT2D eigenvalue weighted by Crippen LogP contribution is 2.23. The fourth-order valence-corrected chi connectivity index (χ4v) is 2.95. The predicted octanol–water partition coefficient (Wildman–Crippen LogP) is 2.53. The monoisotopic (exact) mass is 215 g/mol. The third-order valence-electron chi connectivity index (χ3n) is 2.70. The van der Waals surface area contributed by atoms with Crippen LogP contribution in [0.3, 0.4) is 0 Å². The summed E-state index contributed by atoms with van der Waals surface area (Å²) in [7, 11) is 1.90. The van der Waals surface area contributed by atoms with Crippen LogP contribution >= 0.6 is 11.8 Å². The SMILES string of the molecule is CCCCCCSC1CCN(C)C1=O. The van der Waals surface area contributed by atoms with Crippen molar-refractivity contribution < 1.29 is 4.79 Å². The van der Waals surface area contributed by atoms with E-state index in [0.717, 1.165) is 18.7 Å². The Morgan fingerprint density at radius 2 is 2.21 bits per heavy atom. The molecule has 0 radical (unpaired) electrons. The molecule has 1 saturated heterocycles. The van der Waals surface area contributed by atoms with E-state index in [-0.39, 0.29) is 5.25 Å². The number of hydrogen-bond acceptors (Lipinski definition) is 2. The highest BCUT2D eigenvalue weighted by Gasteiger charge is 2.28. The smallest absolute Gasteiger partial charge is 0.235 e. The number of rotatable bonds is 6. The van der Waals surface area contributed by atoms with Gasteiger partial charge in [-0.3, -0.25) is 4.79 Å². The quantitative estimate of drug-likeness (QED) is 0.635. The van der Waals surface area contributed by atoms with E-state index in [1.165, 1.54) is 25.7 Å². The van der Waals surface area contributed by atoms with Crippen molar-refractivity contribution in [2.45, 2.75) is 44.3 Å². The van der Waals surface area contributed by atoms with Crippen LogP contribution < -0.4 is 0 Å². The first-order chi connectivity index (χ1) is 6.75.